The van der Waals surface area contributed by atoms with Crippen molar-refractivity contribution in [1.82, 2.24) is 14.5 Å². The van der Waals surface area contributed by atoms with Crippen molar-refractivity contribution in [2.45, 2.75) is 23.9 Å². The monoisotopic (exact) mass is 393 g/mol. The maximum atomic E-state index is 13.1. The van der Waals surface area contributed by atoms with Gasteiger partial charge in [-0.25, -0.2) is 0 Å². The Balaban J connectivity index is 1.21. The molecule has 2 aliphatic rings. The summed E-state index contributed by atoms with van der Waals surface area (Å²) in [6, 6.07) is 12.1. The normalized spacial score (nSPS) is 20.6. The zero-order valence-electron chi connectivity index (χ0n) is 15.9. The van der Waals surface area contributed by atoms with E-state index in [1.54, 1.807) is 6.20 Å². The van der Waals surface area contributed by atoms with E-state index in [4.69, 9.17) is 4.74 Å². The number of hydrogen-bond acceptors (Lipinski definition) is 4. The number of amides is 1. The molecule has 1 atom stereocenters. The number of aromatic nitrogens is 2. The number of likely N-dealkylation sites (tertiary alicyclic amines) is 1. The molecule has 2 fully saturated rings. The first-order chi connectivity index (χ1) is 13.6. The summed E-state index contributed by atoms with van der Waals surface area (Å²) in [4.78, 5) is 19.2. The van der Waals surface area contributed by atoms with Crippen molar-refractivity contribution in [3.05, 3.63) is 66.1 Å². The molecule has 5 rings (SSSR count). The summed E-state index contributed by atoms with van der Waals surface area (Å²) >= 11 is 1.96. The lowest BCUT2D eigenvalue weighted by molar-refractivity contribution is 0.0255. The highest BCUT2D eigenvalue weighted by Crippen LogP contribution is 2.46. The fraction of sp³-hybridized carbons (Fsp3) is 0.364. The Kier molecular flexibility index (Phi) is 4.40. The van der Waals surface area contributed by atoms with Crippen LogP contribution in [0.2, 0.25) is 0 Å². The highest BCUT2D eigenvalue weighted by Gasteiger charge is 2.51. The van der Waals surface area contributed by atoms with Gasteiger partial charge in [-0.2, -0.15) is 0 Å². The van der Waals surface area contributed by atoms with E-state index in [1.807, 2.05) is 71.0 Å². The van der Waals surface area contributed by atoms with E-state index in [1.165, 1.54) is 0 Å². The average molecular weight is 394 g/mol. The van der Waals surface area contributed by atoms with Crippen molar-refractivity contribution in [1.29, 1.82) is 0 Å². The fourth-order valence-electron chi connectivity index (χ4n) is 4.30. The molecule has 0 radical (unpaired) electrons. The van der Waals surface area contributed by atoms with Gasteiger partial charge in [-0.05, 0) is 24.1 Å². The van der Waals surface area contributed by atoms with Crippen molar-refractivity contribution in [3.8, 4) is 0 Å². The predicted octanol–water partition coefficient (Wildman–Crippen LogP) is 3.49. The minimum Gasteiger partial charge on any atom is -0.373 e. The Bertz CT molecular complexity index is 1010. The number of carbonyl (C=O) groups is 1. The van der Waals surface area contributed by atoms with Gasteiger partial charge in [0.15, 0.2) is 0 Å². The van der Waals surface area contributed by atoms with Gasteiger partial charge in [0, 0.05) is 55.4 Å². The van der Waals surface area contributed by atoms with Crippen LogP contribution in [0.25, 0.3) is 10.9 Å². The molecule has 2 saturated heterocycles. The van der Waals surface area contributed by atoms with Crippen LogP contribution in [-0.2, 0) is 18.4 Å². The second kappa shape index (κ2) is 6.94. The largest absolute Gasteiger partial charge is 0.373 e. The average Bonchev–Trinajstić information content (AvgIpc) is 3.28. The molecular formula is C22H23N3O2S. The van der Waals surface area contributed by atoms with Crippen LogP contribution in [0.15, 0.2) is 55.0 Å². The number of aryl methyl sites for hydroxylation is 1. The minimum absolute atomic E-state index is 0.141. The van der Waals surface area contributed by atoms with Crippen molar-refractivity contribution in [2.24, 2.45) is 7.05 Å². The molecule has 1 aromatic carbocycles. The molecule has 3 aromatic rings. The molecule has 0 bridgehead atoms. The van der Waals surface area contributed by atoms with Crippen LogP contribution in [0.1, 0.15) is 22.3 Å². The molecule has 0 unspecified atom stereocenters. The smallest absolute Gasteiger partial charge is 0.256 e. The molecule has 0 saturated carbocycles. The SMILES string of the molecule is Cn1cc(C(=O)N2CC3(C[C@H](OCc4cccnc4)CS3)C2)c2ccccc21. The lowest BCUT2D eigenvalue weighted by Gasteiger charge is -2.47. The van der Waals surface area contributed by atoms with Crippen LogP contribution in [0.3, 0.4) is 0 Å². The first kappa shape index (κ1) is 17.8. The van der Waals surface area contributed by atoms with E-state index in [0.29, 0.717) is 6.61 Å². The summed E-state index contributed by atoms with van der Waals surface area (Å²) in [7, 11) is 1.99. The Hall–Kier alpha value is -2.31. The minimum atomic E-state index is 0.141. The maximum absolute atomic E-state index is 13.1. The molecule has 1 spiro atoms. The number of benzene rings is 1. The number of para-hydroxylation sites is 1. The third kappa shape index (κ3) is 3.10. The summed E-state index contributed by atoms with van der Waals surface area (Å²) in [6.45, 7) is 2.23. The molecule has 5 nitrogen and oxygen atoms in total. The zero-order chi connectivity index (χ0) is 19.1. The first-order valence-electron chi connectivity index (χ1n) is 9.61. The van der Waals surface area contributed by atoms with E-state index in [9.17, 15) is 4.79 Å². The Labute approximate surface area is 168 Å². The maximum Gasteiger partial charge on any atom is 0.256 e. The summed E-state index contributed by atoms with van der Waals surface area (Å²) in [5, 5.41) is 1.03. The molecule has 0 aliphatic carbocycles. The lowest BCUT2D eigenvalue weighted by atomic mass is 9.92. The summed E-state index contributed by atoms with van der Waals surface area (Å²) < 4.78 is 8.29. The zero-order valence-corrected chi connectivity index (χ0v) is 16.7. The highest BCUT2D eigenvalue weighted by atomic mass is 32.2. The topological polar surface area (TPSA) is 47.4 Å². The van der Waals surface area contributed by atoms with Gasteiger partial charge in [0.2, 0.25) is 0 Å². The molecule has 6 heteroatoms. The van der Waals surface area contributed by atoms with Gasteiger partial charge < -0.3 is 14.2 Å². The molecule has 144 valence electrons. The van der Waals surface area contributed by atoms with Crippen LogP contribution in [0.4, 0.5) is 0 Å². The van der Waals surface area contributed by atoms with Crippen molar-refractivity contribution < 1.29 is 9.53 Å². The van der Waals surface area contributed by atoms with Gasteiger partial charge in [-0.3, -0.25) is 9.78 Å². The summed E-state index contributed by atoms with van der Waals surface area (Å²) in [5.41, 5.74) is 3.01. The fourth-order valence-corrected chi connectivity index (χ4v) is 5.85. The van der Waals surface area contributed by atoms with Crippen molar-refractivity contribution in [3.63, 3.8) is 0 Å². The van der Waals surface area contributed by atoms with E-state index >= 15 is 0 Å². The number of hydrogen-bond donors (Lipinski definition) is 0. The molecule has 28 heavy (non-hydrogen) atoms. The van der Waals surface area contributed by atoms with E-state index in [2.05, 4.69) is 11.1 Å². The van der Waals surface area contributed by atoms with E-state index < -0.39 is 0 Å². The van der Waals surface area contributed by atoms with Gasteiger partial charge in [0.25, 0.3) is 5.91 Å². The van der Waals surface area contributed by atoms with Crippen LogP contribution in [-0.4, -0.2) is 50.1 Å². The molecule has 2 aromatic heterocycles. The molecule has 2 aliphatic heterocycles. The van der Waals surface area contributed by atoms with Gasteiger partial charge in [0.05, 0.1) is 23.0 Å². The Morgan fingerprint density at radius 3 is 2.96 bits per heavy atom. The third-order valence-electron chi connectivity index (χ3n) is 5.76. The van der Waals surface area contributed by atoms with Gasteiger partial charge in [0.1, 0.15) is 0 Å². The molecule has 0 N–H and O–H groups in total. The number of fused-ring (bicyclic) bond motifs is 1. The second-order valence-electron chi connectivity index (χ2n) is 7.82. The van der Waals surface area contributed by atoms with Gasteiger partial charge in [-0.15, -0.1) is 11.8 Å². The number of carbonyl (C=O) groups excluding carboxylic acids is 1. The molecular weight excluding hydrogens is 370 g/mol. The first-order valence-corrected chi connectivity index (χ1v) is 10.6. The third-order valence-corrected chi connectivity index (χ3v) is 7.33. The molecule has 1 amide bonds. The van der Waals surface area contributed by atoms with Crippen LogP contribution < -0.4 is 0 Å². The van der Waals surface area contributed by atoms with E-state index in [-0.39, 0.29) is 16.8 Å². The number of rotatable bonds is 4. The summed E-state index contributed by atoms with van der Waals surface area (Å²) in [6.07, 6.45) is 6.85. The van der Waals surface area contributed by atoms with Crippen molar-refractivity contribution in [2.75, 3.05) is 18.8 Å². The van der Waals surface area contributed by atoms with Crippen LogP contribution >= 0.6 is 11.8 Å². The standard InChI is InChI=1S/C22H23N3O2S/c1-24-11-19(18-6-2-3-7-20(18)24)21(26)25-14-22(15-25)9-17(13-28-22)27-12-16-5-4-8-23-10-16/h2-8,10-11,17H,9,12-15H2,1H3/t17-/m0/s1. The number of nitrogens with zero attached hydrogens (tertiary/aromatic N) is 3. The summed E-state index contributed by atoms with van der Waals surface area (Å²) in [5.74, 6) is 1.14. The Morgan fingerprint density at radius 2 is 2.14 bits per heavy atom. The second-order valence-corrected chi connectivity index (χ2v) is 9.31. The number of thioether (sulfide) groups is 1. The Morgan fingerprint density at radius 1 is 1.29 bits per heavy atom. The predicted molar refractivity (Wildman–Crippen MR) is 111 cm³/mol. The number of pyridine rings is 1. The van der Waals surface area contributed by atoms with Gasteiger partial charge >= 0.3 is 0 Å². The van der Waals surface area contributed by atoms with Gasteiger partial charge in [-0.1, -0.05) is 24.3 Å². The van der Waals surface area contributed by atoms with Crippen LogP contribution in [0, 0.1) is 0 Å². The van der Waals surface area contributed by atoms with Crippen molar-refractivity contribution >= 4 is 28.6 Å². The van der Waals surface area contributed by atoms with Crippen LogP contribution in [0.5, 0.6) is 0 Å². The lowest BCUT2D eigenvalue weighted by Crippen LogP contribution is -2.60. The molecule has 4 heterocycles. The van der Waals surface area contributed by atoms with E-state index in [0.717, 1.165) is 47.3 Å². The quantitative estimate of drug-likeness (QED) is 0.681. The number of ether oxygens (including phenoxy) is 1. The highest BCUT2D eigenvalue weighted by molar-refractivity contribution is 8.01.